The minimum absolute atomic E-state index is 0.0403. The van der Waals surface area contributed by atoms with Crippen LogP contribution in [0, 0.1) is 0 Å². The maximum atomic E-state index is 12.7. The molecule has 9 heteroatoms. The molecule has 0 atom stereocenters. The van der Waals surface area contributed by atoms with Gasteiger partial charge in [-0.2, -0.15) is 8.78 Å². The van der Waals surface area contributed by atoms with Gasteiger partial charge in [0.05, 0.1) is 23.6 Å². The Labute approximate surface area is 181 Å². The summed E-state index contributed by atoms with van der Waals surface area (Å²) in [5.41, 5.74) is 2.06. The molecule has 1 aliphatic heterocycles. The Hall–Kier alpha value is -2.42. The molecule has 1 N–H and O–H groups in total. The standard InChI is InChI=1S/C21H19ClF2N2O3S/c22-18-17-15(29-21(23)24)2-1-3-16(17)30-19(18)20(27)25-12-13-4-6-14(7-5-13)26-8-10-28-11-9-26/h1-7,21H,8-12H2,(H,25,27). The number of carbonyl (C=O) groups is 1. The van der Waals surface area contributed by atoms with Gasteiger partial charge in [-0.3, -0.25) is 4.79 Å². The van der Waals surface area contributed by atoms with Crippen LogP contribution < -0.4 is 15.0 Å². The van der Waals surface area contributed by atoms with E-state index in [-0.39, 0.29) is 21.6 Å². The van der Waals surface area contributed by atoms with Gasteiger partial charge in [-0.05, 0) is 29.8 Å². The van der Waals surface area contributed by atoms with Gasteiger partial charge in [-0.15, -0.1) is 11.3 Å². The van der Waals surface area contributed by atoms with Gasteiger partial charge in [0.15, 0.2) is 0 Å². The number of halogens is 3. The number of rotatable bonds is 6. The molecule has 1 aromatic heterocycles. The first-order chi connectivity index (χ1) is 14.5. The lowest BCUT2D eigenvalue weighted by Crippen LogP contribution is -2.36. The fourth-order valence-electron chi connectivity index (χ4n) is 3.33. The van der Waals surface area contributed by atoms with Crippen LogP contribution in [0.3, 0.4) is 0 Å². The Kier molecular flexibility index (Phi) is 6.36. The Morgan fingerprint density at radius 2 is 1.93 bits per heavy atom. The predicted molar refractivity (Wildman–Crippen MR) is 114 cm³/mol. The van der Waals surface area contributed by atoms with E-state index < -0.39 is 6.61 Å². The van der Waals surface area contributed by atoms with Gasteiger partial charge in [0.25, 0.3) is 5.91 Å². The monoisotopic (exact) mass is 452 g/mol. The number of thiophene rings is 1. The van der Waals surface area contributed by atoms with Crippen molar-refractivity contribution < 1.29 is 23.0 Å². The van der Waals surface area contributed by atoms with Crippen molar-refractivity contribution in [1.82, 2.24) is 5.32 Å². The van der Waals surface area contributed by atoms with Crippen LogP contribution in [0.1, 0.15) is 15.2 Å². The van der Waals surface area contributed by atoms with Crippen molar-refractivity contribution in [2.75, 3.05) is 31.2 Å². The highest BCUT2D eigenvalue weighted by Gasteiger charge is 2.21. The lowest BCUT2D eigenvalue weighted by molar-refractivity contribution is -0.0487. The number of benzene rings is 2. The van der Waals surface area contributed by atoms with Gasteiger partial charge in [-0.25, -0.2) is 0 Å². The molecule has 1 amide bonds. The minimum Gasteiger partial charge on any atom is -0.434 e. The van der Waals surface area contributed by atoms with E-state index in [1.165, 1.54) is 6.07 Å². The number of ether oxygens (including phenoxy) is 2. The van der Waals surface area contributed by atoms with E-state index in [2.05, 4.69) is 15.0 Å². The lowest BCUT2D eigenvalue weighted by Gasteiger charge is -2.28. The quantitative estimate of drug-likeness (QED) is 0.576. The molecule has 2 aromatic carbocycles. The van der Waals surface area contributed by atoms with E-state index in [9.17, 15) is 13.6 Å². The summed E-state index contributed by atoms with van der Waals surface area (Å²) in [4.78, 5) is 15.2. The van der Waals surface area contributed by atoms with Crippen LogP contribution in [0.15, 0.2) is 42.5 Å². The van der Waals surface area contributed by atoms with Crippen molar-refractivity contribution in [2.24, 2.45) is 0 Å². The number of fused-ring (bicyclic) bond motifs is 1. The number of nitrogens with one attached hydrogen (secondary N) is 1. The zero-order valence-electron chi connectivity index (χ0n) is 15.9. The van der Waals surface area contributed by atoms with E-state index >= 15 is 0 Å². The summed E-state index contributed by atoms with van der Waals surface area (Å²) in [5, 5.41) is 3.28. The summed E-state index contributed by atoms with van der Waals surface area (Å²) in [6.45, 7) is 0.516. The van der Waals surface area contributed by atoms with Gasteiger partial charge in [0, 0.05) is 30.0 Å². The van der Waals surface area contributed by atoms with Crippen molar-refractivity contribution in [3.63, 3.8) is 0 Å². The number of hydrogen-bond acceptors (Lipinski definition) is 5. The molecule has 0 spiro atoms. The second kappa shape index (κ2) is 9.16. The van der Waals surface area contributed by atoms with Crippen molar-refractivity contribution in [1.29, 1.82) is 0 Å². The fraction of sp³-hybridized carbons (Fsp3) is 0.286. The van der Waals surface area contributed by atoms with Crippen LogP contribution in [-0.4, -0.2) is 38.8 Å². The van der Waals surface area contributed by atoms with Crippen molar-refractivity contribution in [3.8, 4) is 5.75 Å². The molecule has 0 unspecified atom stereocenters. The maximum absolute atomic E-state index is 12.7. The number of carbonyl (C=O) groups excluding carboxylic acids is 1. The Morgan fingerprint density at radius 1 is 1.20 bits per heavy atom. The van der Waals surface area contributed by atoms with Crippen LogP contribution in [0.25, 0.3) is 10.1 Å². The number of amides is 1. The molecule has 3 aromatic rings. The first-order valence-electron chi connectivity index (χ1n) is 9.38. The summed E-state index contributed by atoms with van der Waals surface area (Å²) in [6, 6.07) is 12.7. The number of nitrogens with zero attached hydrogens (tertiary/aromatic N) is 1. The summed E-state index contributed by atoms with van der Waals surface area (Å²) >= 11 is 7.48. The molecule has 4 rings (SSSR count). The highest BCUT2D eigenvalue weighted by Crippen LogP contribution is 2.41. The third kappa shape index (κ3) is 4.50. The van der Waals surface area contributed by atoms with E-state index in [0.29, 0.717) is 16.6 Å². The number of hydrogen-bond donors (Lipinski definition) is 1. The first kappa shape index (κ1) is 20.8. The Balaban J connectivity index is 1.45. The van der Waals surface area contributed by atoms with E-state index in [0.717, 1.165) is 48.9 Å². The third-order valence-corrected chi connectivity index (χ3v) is 6.45. The zero-order valence-corrected chi connectivity index (χ0v) is 17.4. The highest BCUT2D eigenvalue weighted by atomic mass is 35.5. The molecule has 30 heavy (non-hydrogen) atoms. The second-order valence-corrected chi connectivity index (χ2v) is 8.13. The van der Waals surface area contributed by atoms with E-state index in [1.54, 1.807) is 12.1 Å². The lowest BCUT2D eigenvalue weighted by atomic mass is 10.2. The zero-order chi connectivity index (χ0) is 21.1. The molecule has 0 bridgehead atoms. The van der Waals surface area contributed by atoms with Crippen LogP contribution in [-0.2, 0) is 11.3 Å². The topological polar surface area (TPSA) is 50.8 Å². The predicted octanol–water partition coefficient (Wildman–Crippen LogP) is 4.92. The summed E-state index contributed by atoms with van der Waals surface area (Å²) in [7, 11) is 0. The molecule has 0 saturated carbocycles. The summed E-state index contributed by atoms with van der Waals surface area (Å²) in [6.07, 6.45) is 0. The van der Waals surface area contributed by atoms with Gasteiger partial charge in [-0.1, -0.05) is 29.8 Å². The van der Waals surface area contributed by atoms with Crippen LogP contribution >= 0.6 is 22.9 Å². The first-order valence-corrected chi connectivity index (χ1v) is 10.6. The molecule has 1 saturated heterocycles. The Morgan fingerprint density at radius 3 is 2.63 bits per heavy atom. The van der Waals surface area contributed by atoms with Gasteiger partial charge >= 0.3 is 6.61 Å². The number of morpholine rings is 1. The smallest absolute Gasteiger partial charge is 0.387 e. The molecule has 0 radical (unpaired) electrons. The molecule has 1 aliphatic rings. The van der Waals surface area contributed by atoms with Gasteiger partial charge < -0.3 is 19.7 Å². The fourth-order valence-corrected chi connectivity index (χ4v) is 4.81. The average molecular weight is 453 g/mol. The van der Waals surface area contributed by atoms with Gasteiger partial charge in [0.1, 0.15) is 10.6 Å². The number of alkyl halides is 2. The molecule has 2 heterocycles. The van der Waals surface area contributed by atoms with Crippen molar-refractivity contribution in [3.05, 3.63) is 57.9 Å². The SMILES string of the molecule is O=C(NCc1ccc(N2CCOCC2)cc1)c1sc2cccc(OC(F)F)c2c1Cl. The molecular weight excluding hydrogens is 434 g/mol. The second-order valence-electron chi connectivity index (χ2n) is 6.70. The minimum atomic E-state index is -2.97. The van der Waals surface area contributed by atoms with Crippen LogP contribution in [0.2, 0.25) is 5.02 Å². The van der Waals surface area contributed by atoms with E-state index in [1.807, 2.05) is 24.3 Å². The molecule has 1 fully saturated rings. The summed E-state index contributed by atoms with van der Waals surface area (Å²) < 4.78 is 35.8. The summed E-state index contributed by atoms with van der Waals surface area (Å²) in [5.74, 6) is -0.400. The molecule has 158 valence electrons. The van der Waals surface area contributed by atoms with Crippen molar-refractivity contribution in [2.45, 2.75) is 13.2 Å². The largest absolute Gasteiger partial charge is 0.434 e. The Bertz CT molecular complexity index is 1040. The molecule has 0 aliphatic carbocycles. The van der Waals surface area contributed by atoms with Crippen LogP contribution in [0.5, 0.6) is 5.75 Å². The third-order valence-electron chi connectivity index (χ3n) is 4.81. The molecular formula is C21H19ClF2N2O3S. The normalized spacial score (nSPS) is 14.3. The number of anilines is 1. The molecule has 5 nitrogen and oxygen atoms in total. The average Bonchev–Trinajstić information content (AvgIpc) is 3.10. The highest BCUT2D eigenvalue weighted by molar-refractivity contribution is 7.21. The maximum Gasteiger partial charge on any atom is 0.387 e. The van der Waals surface area contributed by atoms with E-state index in [4.69, 9.17) is 16.3 Å². The van der Waals surface area contributed by atoms with Gasteiger partial charge in [0.2, 0.25) is 0 Å². The van der Waals surface area contributed by atoms with Crippen molar-refractivity contribution >= 4 is 44.6 Å². The van der Waals surface area contributed by atoms with Crippen LogP contribution in [0.4, 0.5) is 14.5 Å².